The minimum atomic E-state index is -0.698. The zero-order valence-corrected chi connectivity index (χ0v) is 16.0. The summed E-state index contributed by atoms with van der Waals surface area (Å²) in [6.45, 7) is 0. The van der Waals surface area contributed by atoms with Crippen molar-refractivity contribution in [2.75, 3.05) is 5.32 Å². The van der Waals surface area contributed by atoms with Crippen LogP contribution in [0.15, 0.2) is 96.6 Å². The van der Waals surface area contributed by atoms with Crippen LogP contribution in [0.25, 0.3) is 0 Å². The summed E-state index contributed by atoms with van der Waals surface area (Å²) in [5, 5.41) is 16.9. The van der Waals surface area contributed by atoms with E-state index in [2.05, 4.69) is 27.4 Å². The Labute approximate surface area is 168 Å². The third kappa shape index (κ3) is 4.11. The van der Waals surface area contributed by atoms with Crippen LogP contribution >= 0.6 is 11.3 Å². The Morgan fingerprint density at radius 1 is 0.786 bits per heavy atom. The van der Waals surface area contributed by atoms with Gasteiger partial charge in [0.05, 0.1) is 18.1 Å². The van der Waals surface area contributed by atoms with E-state index in [1.165, 1.54) is 0 Å². The molecule has 0 saturated carbocycles. The average Bonchev–Trinajstić information content (AvgIpc) is 3.30. The minimum absolute atomic E-state index is 0.205. The second kappa shape index (κ2) is 8.78. The zero-order chi connectivity index (χ0) is 19.2. The Bertz CT molecular complexity index is 963. The van der Waals surface area contributed by atoms with E-state index in [0.29, 0.717) is 0 Å². The van der Waals surface area contributed by atoms with Gasteiger partial charge in [-0.15, -0.1) is 11.3 Å². The number of nitrogens with one attached hydrogen (secondary N) is 1. The summed E-state index contributed by atoms with van der Waals surface area (Å²) in [5.41, 5.74) is 1.90. The number of thiophene rings is 1. The molecule has 140 valence electrons. The van der Waals surface area contributed by atoms with Crippen molar-refractivity contribution in [2.24, 2.45) is 0 Å². The highest BCUT2D eigenvalue weighted by molar-refractivity contribution is 7.10. The standard InChI is InChI=1S/C23H21N3OS/c27-23(19-12-8-16-28-19)21(18-11-4-6-14-24-18)22(17-9-2-1-3-10-17)26-20-13-5-7-15-25-20/h1-16,21-23,27H,(H,25,26). The van der Waals surface area contributed by atoms with Crippen molar-refractivity contribution in [1.29, 1.82) is 0 Å². The van der Waals surface area contributed by atoms with Crippen LogP contribution in [0.1, 0.15) is 34.2 Å². The highest BCUT2D eigenvalue weighted by atomic mass is 32.1. The summed E-state index contributed by atoms with van der Waals surface area (Å²) in [6, 6.07) is 25.5. The molecule has 0 fully saturated rings. The predicted octanol–water partition coefficient (Wildman–Crippen LogP) is 5.21. The number of aliphatic hydroxyl groups excluding tert-OH is 1. The molecule has 0 amide bonds. The summed E-state index contributed by atoms with van der Waals surface area (Å²) in [5.74, 6) is 0.472. The number of anilines is 1. The van der Waals surface area contributed by atoms with E-state index in [1.54, 1.807) is 23.7 Å². The number of aromatic nitrogens is 2. The lowest BCUT2D eigenvalue weighted by Crippen LogP contribution is -2.25. The van der Waals surface area contributed by atoms with Crippen LogP contribution in [0.2, 0.25) is 0 Å². The number of rotatable bonds is 7. The molecule has 1 aromatic carbocycles. The Balaban J connectivity index is 1.80. The maximum Gasteiger partial charge on any atom is 0.126 e. The second-order valence-electron chi connectivity index (χ2n) is 6.49. The quantitative estimate of drug-likeness (QED) is 0.457. The van der Waals surface area contributed by atoms with Gasteiger partial charge in [-0.05, 0) is 41.3 Å². The predicted molar refractivity (Wildman–Crippen MR) is 113 cm³/mol. The molecule has 0 aliphatic rings. The highest BCUT2D eigenvalue weighted by Gasteiger charge is 2.34. The van der Waals surface area contributed by atoms with Gasteiger partial charge in [0.2, 0.25) is 0 Å². The minimum Gasteiger partial charge on any atom is -0.387 e. The van der Waals surface area contributed by atoms with Gasteiger partial charge >= 0.3 is 0 Å². The molecule has 0 bridgehead atoms. The van der Waals surface area contributed by atoms with E-state index in [-0.39, 0.29) is 12.0 Å². The lowest BCUT2D eigenvalue weighted by molar-refractivity contribution is 0.137. The van der Waals surface area contributed by atoms with Crippen molar-refractivity contribution in [3.63, 3.8) is 0 Å². The van der Waals surface area contributed by atoms with Gasteiger partial charge < -0.3 is 10.4 Å². The van der Waals surface area contributed by atoms with Crippen molar-refractivity contribution in [1.82, 2.24) is 9.97 Å². The lowest BCUT2D eigenvalue weighted by Gasteiger charge is -2.32. The molecular weight excluding hydrogens is 366 g/mol. The van der Waals surface area contributed by atoms with Gasteiger partial charge in [0.15, 0.2) is 0 Å². The van der Waals surface area contributed by atoms with Gasteiger partial charge in [-0.3, -0.25) is 4.98 Å². The molecule has 2 N–H and O–H groups in total. The largest absolute Gasteiger partial charge is 0.387 e. The number of nitrogens with zero attached hydrogens (tertiary/aromatic N) is 2. The molecule has 3 aromatic heterocycles. The number of hydrogen-bond acceptors (Lipinski definition) is 5. The lowest BCUT2D eigenvalue weighted by atomic mass is 9.84. The Morgan fingerprint density at radius 2 is 1.54 bits per heavy atom. The monoisotopic (exact) mass is 387 g/mol. The molecule has 4 rings (SSSR count). The first kappa shape index (κ1) is 18.3. The van der Waals surface area contributed by atoms with Crippen molar-refractivity contribution in [3.8, 4) is 0 Å². The summed E-state index contributed by atoms with van der Waals surface area (Å²) in [7, 11) is 0. The van der Waals surface area contributed by atoms with Gasteiger partial charge in [-0.2, -0.15) is 0 Å². The van der Waals surface area contributed by atoms with E-state index >= 15 is 0 Å². The molecule has 0 aliphatic carbocycles. The zero-order valence-electron chi connectivity index (χ0n) is 15.2. The molecule has 0 spiro atoms. The van der Waals surface area contributed by atoms with Gasteiger partial charge in [-0.25, -0.2) is 4.98 Å². The van der Waals surface area contributed by atoms with Gasteiger partial charge in [0.1, 0.15) is 5.82 Å². The summed E-state index contributed by atoms with van der Waals surface area (Å²) in [6.07, 6.45) is 2.83. The van der Waals surface area contributed by atoms with Crippen molar-refractivity contribution in [3.05, 3.63) is 113 Å². The van der Waals surface area contributed by atoms with Gasteiger partial charge in [0, 0.05) is 23.0 Å². The third-order valence-electron chi connectivity index (χ3n) is 4.69. The Kier molecular flexibility index (Phi) is 5.75. The molecule has 0 aliphatic heterocycles. The van der Waals surface area contributed by atoms with Crippen LogP contribution in [-0.4, -0.2) is 15.1 Å². The molecule has 3 atom stereocenters. The molecule has 3 unspecified atom stereocenters. The Morgan fingerprint density at radius 3 is 2.18 bits per heavy atom. The fraction of sp³-hybridized carbons (Fsp3) is 0.130. The molecule has 4 nitrogen and oxygen atoms in total. The molecule has 28 heavy (non-hydrogen) atoms. The van der Waals surface area contributed by atoms with E-state index in [4.69, 9.17) is 0 Å². The molecular formula is C23H21N3OS. The number of hydrogen-bond donors (Lipinski definition) is 2. The average molecular weight is 388 g/mol. The van der Waals surface area contributed by atoms with Crippen molar-refractivity contribution < 1.29 is 5.11 Å². The van der Waals surface area contributed by atoms with Gasteiger partial charge in [-0.1, -0.05) is 48.5 Å². The van der Waals surface area contributed by atoms with E-state index in [1.807, 2.05) is 72.1 Å². The van der Waals surface area contributed by atoms with E-state index in [0.717, 1.165) is 22.0 Å². The molecule has 0 saturated heterocycles. The van der Waals surface area contributed by atoms with Crippen LogP contribution in [0.5, 0.6) is 0 Å². The maximum absolute atomic E-state index is 11.3. The van der Waals surface area contributed by atoms with Crippen LogP contribution in [0.3, 0.4) is 0 Å². The first-order valence-corrected chi connectivity index (χ1v) is 10.1. The van der Waals surface area contributed by atoms with Crippen LogP contribution in [-0.2, 0) is 0 Å². The Hall–Kier alpha value is -3.02. The van der Waals surface area contributed by atoms with Crippen molar-refractivity contribution >= 4 is 17.2 Å². The normalized spacial score (nSPS) is 14.2. The maximum atomic E-state index is 11.3. The topological polar surface area (TPSA) is 58.0 Å². The number of pyridine rings is 2. The van der Waals surface area contributed by atoms with Crippen LogP contribution in [0.4, 0.5) is 5.82 Å². The van der Waals surface area contributed by atoms with Crippen LogP contribution < -0.4 is 5.32 Å². The number of benzene rings is 1. The molecule has 3 heterocycles. The fourth-order valence-corrected chi connectivity index (χ4v) is 4.13. The number of aliphatic hydroxyl groups is 1. The summed E-state index contributed by atoms with van der Waals surface area (Å²) < 4.78 is 0. The SMILES string of the molecule is OC(c1cccs1)C(c1ccccn1)C(Nc1ccccn1)c1ccccc1. The molecule has 5 heteroatoms. The molecule has 4 aromatic rings. The van der Waals surface area contributed by atoms with Gasteiger partial charge in [0.25, 0.3) is 0 Å². The highest BCUT2D eigenvalue weighted by Crippen LogP contribution is 2.42. The smallest absolute Gasteiger partial charge is 0.126 e. The summed E-state index contributed by atoms with van der Waals surface area (Å²) in [4.78, 5) is 9.93. The second-order valence-corrected chi connectivity index (χ2v) is 7.47. The van der Waals surface area contributed by atoms with E-state index < -0.39 is 6.10 Å². The molecule has 0 radical (unpaired) electrons. The summed E-state index contributed by atoms with van der Waals surface area (Å²) >= 11 is 1.55. The van der Waals surface area contributed by atoms with E-state index in [9.17, 15) is 5.11 Å². The fourth-order valence-electron chi connectivity index (χ4n) is 3.37. The third-order valence-corrected chi connectivity index (χ3v) is 5.63. The van der Waals surface area contributed by atoms with Crippen molar-refractivity contribution in [2.45, 2.75) is 18.1 Å². The van der Waals surface area contributed by atoms with Crippen LogP contribution in [0, 0.1) is 0 Å². The first-order valence-electron chi connectivity index (χ1n) is 9.18. The first-order chi connectivity index (χ1) is 13.8.